The summed E-state index contributed by atoms with van der Waals surface area (Å²) in [6.45, 7) is 6.83. The highest BCUT2D eigenvalue weighted by Crippen LogP contribution is 2.30. The van der Waals surface area contributed by atoms with E-state index in [0.29, 0.717) is 5.41 Å². The van der Waals surface area contributed by atoms with Crippen molar-refractivity contribution in [1.29, 1.82) is 0 Å². The SMILES string of the molecule is CNCC1(C)CCN(Cc2cccc3cccnc23)C1. The number of benzene rings is 1. The van der Waals surface area contributed by atoms with E-state index in [9.17, 15) is 0 Å². The molecule has 1 N–H and O–H groups in total. The zero-order valence-corrected chi connectivity index (χ0v) is 12.4. The third-order valence-corrected chi connectivity index (χ3v) is 4.35. The van der Waals surface area contributed by atoms with E-state index in [1.54, 1.807) is 0 Å². The van der Waals surface area contributed by atoms with Crippen molar-refractivity contribution < 1.29 is 0 Å². The molecule has 3 rings (SSSR count). The average molecular weight is 269 g/mol. The predicted molar refractivity (Wildman–Crippen MR) is 83.7 cm³/mol. The minimum atomic E-state index is 0.409. The smallest absolute Gasteiger partial charge is 0.0746 e. The van der Waals surface area contributed by atoms with Gasteiger partial charge in [0.25, 0.3) is 0 Å². The summed E-state index contributed by atoms with van der Waals surface area (Å²) in [6.07, 6.45) is 3.16. The van der Waals surface area contributed by atoms with Crippen molar-refractivity contribution in [2.75, 3.05) is 26.7 Å². The molecule has 1 fully saturated rings. The van der Waals surface area contributed by atoms with Crippen LogP contribution < -0.4 is 5.32 Å². The first-order valence-corrected chi connectivity index (χ1v) is 7.40. The summed E-state index contributed by atoms with van der Waals surface area (Å²) < 4.78 is 0. The molecule has 3 heteroatoms. The molecule has 1 unspecified atom stereocenters. The van der Waals surface area contributed by atoms with Crippen LogP contribution in [0.15, 0.2) is 36.5 Å². The second-order valence-electron chi connectivity index (χ2n) is 6.29. The number of hydrogen-bond acceptors (Lipinski definition) is 3. The van der Waals surface area contributed by atoms with Gasteiger partial charge in [0.05, 0.1) is 5.52 Å². The molecule has 1 saturated heterocycles. The molecule has 2 heterocycles. The quantitative estimate of drug-likeness (QED) is 0.925. The lowest BCUT2D eigenvalue weighted by atomic mass is 9.90. The Labute approximate surface area is 121 Å². The molecule has 20 heavy (non-hydrogen) atoms. The monoisotopic (exact) mass is 269 g/mol. The van der Waals surface area contributed by atoms with E-state index in [4.69, 9.17) is 0 Å². The van der Waals surface area contributed by atoms with Gasteiger partial charge in [0.2, 0.25) is 0 Å². The van der Waals surface area contributed by atoms with Crippen molar-refractivity contribution in [1.82, 2.24) is 15.2 Å². The van der Waals surface area contributed by atoms with Crippen LogP contribution in [0.3, 0.4) is 0 Å². The number of para-hydroxylation sites is 1. The number of hydrogen-bond donors (Lipinski definition) is 1. The van der Waals surface area contributed by atoms with Gasteiger partial charge in [0.15, 0.2) is 0 Å². The third kappa shape index (κ3) is 2.69. The molecular weight excluding hydrogens is 246 g/mol. The Morgan fingerprint density at radius 1 is 1.30 bits per heavy atom. The van der Waals surface area contributed by atoms with E-state index in [1.807, 2.05) is 19.3 Å². The standard InChI is InChI=1S/C17H23N3/c1-17(12-18-2)8-10-20(13-17)11-15-6-3-5-14-7-4-9-19-16(14)15/h3-7,9,18H,8,10-13H2,1-2H3. The van der Waals surface area contributed by atoms with Crippen molar-refractivity contribution in [2.45, 2.75) is 19.9 Å². The fourth-order valence-corrected chi connectivity index (χ4v) is 3.37. The van der Waals surface area contributed by atoms with Crippen LogP contribution in [0.25, 0.3) is 10.9 Å². The fourth-order valence-electron chi connectivity index (χ4n) is 3.37. The molecule has 0 spiro atoms. The summed E-state index contributed by atoms with van der Waals surface area (Å²) in [7, 11) is 2.04. The Kier molecular flexibility index (Phi) is 3.72. The summed E-state index contributed by atoms with van der Waals surface area (Å²) in [5.74, 6) is 0. The first-order valence-electron chi connectivity index (χ1n) is 7.40. The minimum Gasteiger partial charge on any atom is -0.319 e. The van der Waals surface area contributed by atoms with Gasteiger partial charge < -0.3 is 5.32 Å². The van der Waals surface area contributed by atoms with Crippen LogP contribution in [0.1, 0.15) is 18.9 Å². The number of aromatic nitrogens is 1. The highest BCUT2D eigenvalue weighted by Gasteiger charge is 2.33. The zero-order valence-electron chi connectivity index (χ0n) is 12.4. The number of fused-ring (bicyclic) bond motifs is 1. The second kappa shape index (κ2) is 5.51. The molecule has 3 nitrogen and oxygen atoms in total. The summed E-state index contributed by atoms with van der Waals surface area (Å²) in [5.41, 5.74) is 2.90. The fraction of sp³-hybridized carbons (Fsp3) is 0.471. The van der Waals surface area contributed by atoms with Gasteiger partial charge in [-0.3, -0.25) is 9.88 Å². The third-order valence-electron chi connectivity index (χ3n) is 4.35. The highest BCUT2D eigenvalue weighted by molar-refractivity contribution is 5.81. The van der Waals surface area contributed by atoms with Crippen LogP contribution in [0.2, 0.25) is 0 Å². The first-order chi connectivity index (χ1) is 9.70. The summed E-state index contributed by atoms with van der Waals surface area (Å²) in [5, 5.41) is 4.56. The molecule has 106 valence electrons. The zero-order chi connectivity index (χ0) is 14.0. The van der Waals surface area contributed by atoms with Crippen molar-refractivity contribution in [3.8, 4) is 0 Å². The van der Waals surface area contributed by atoms with Crippen LogP contribution in [-0.4, -0.2) is 36.6 Å². The van der Waals surface area contributed by atoms with E-state index in [-0.39, 0.29) is 0 Å². The largest absolute Gasteiger partial charge is 0.319 e. The van der Waals surface area contributed by atoms with E-state index in [1.165, 1.54) is 23.9 Å². The van der Waals surface area contributed by atoms with Crippen molar-refractivity contribution in [3.05, 3.63) is 42.1 Å². The van der Waals surface area contributed by atoms with Gasteiger partial charge in [-0.05, 0) is 37.1 Å². The van der Waals surface area contributed by atoms with Gasteiger partial charge in [-0.15, -0.1) is 0 Å². The van der Waals surface area contributed by atoms with Crippen LogP contribution in [0.5, 0.6) is 0 Å². The highest BCUT2D eigenvalue weighted by atomic mass is 15.2. The number of rotatable bonds is 4. The molecule has 1 aliphatic heterocycles. The van der Waals surface area contributed by atoms with Gasteiger partial charge in [-0.2, -0.15) is 0 Å². The lowest BCUT2D eigenvalue weighted by Gasteiger charge is -2.24. The molecular formula is C17H23N3. The molecule has 0 bridgehead atoms. The van der Waals surface area contributed by atoms with Crippen LogP contribution in [-0.2, 0) is 6.54 Å². The summed E-state index contributed by atoms with van der Waals surface area (Å²) >= 11 is 0. The van der Waals surface area contributed by atoms with Gasteiger partial charge in [0, 0.05) is 31.2 Å². The maximum atomic E-state index is 4.56. The normalized spacial score (nSPS) is 23.5. The van der Waals surface area contributed by atoms with Crippen LogP contribution >= 0.6 is 0 Å². The Hall–Kier alpha value is -1.45. The number of likely N-dealkylation sites (tertiary alicyclic amines) is 1. The van der Waals surface area contributed by atoms with Crippen LogP contribution in [0.4, 0.5) is 0 Å². The molecule has 1 aromatic carbocycles. The van der Waals surface area contributed by atoms with Crippen molar-refractivity contribution >= 4 is 10.9 Å². The van der Waals surface area contributed by atoms with E-state index in [0.717, 1.165) is 25.2 Å². The lowest BCUT2D eigenvalue weighted by molar-refractivity contribution is 0.266. The van der Waals surface area contributed by atoms with Gasteiger partial charge >= 0.3 is 0 Å². The maximum Gasteiger partial charge on any atom is 0.0746 e. The van der Waals surface area contributed by atoms with Crippen LogP contribution in [0, 0.1) is 5.41 Å². The molecule has 1 aliphatic rings. The second-order valence-corrected chi connectivity index (χ2v) is 6.29. The van der Waals surface area contributed by atoms with Crippen molar-refractivity contribution in [2.24, 2.45) is 5.41 Å². The van der Waals surface area contributed by atoms with E-state index >= 15 is 0 Å². The first kappa shape index (κ1) is 13.5. The Morgan fingerprint density at radius 3 is 3.00 bits per heavy atom. The maximum absolute atomic E-state index is 4.56. The molecule has 0 aliphatic carbocycles. The van der Waals surface area contributed by atoms with Crippen molar-refractivity contribution in [3.63, 3.8) is 0 Å². The molecule has 1 atom stereocenters. The number of nitrogens with zero attached hydrogens (tertiary/aromatic N) is 2. The minimum absolute atomic E-state index is 0.409. The topological polar surface area (TPSA) is 28.2 Å². The molecule has 2 aromatic rings. The lowest BCUT2D eigenvalue weighted by Crippen LogP contribution is -2.32. The molecule has 0 amide bonds. The van der Waals surface area contributed by atoms with Gasteiger partial charge in [-0.25, -0.2) is 0 Å². The Morgan fingerprint density at radius 2 is 2.15 bits per heavy atom. The molecule has 0 radical (unpaired) electrons. The molecule has 0 saturated carbocycles. The van der Waals surface area contributed by atoms with Gasteiger partial charge in [-0.1, -0.05) is 31.2 Å². The number of nitrogens with one attached hydrogen (secondary N) is 1. The molecule has 1 aromatic heterocycles. The van der Waals surface area contributed by atoms with E-state index < -0.39 is 0 Å². The van der Waals surface area contributed by atoms with Gasteiger partial charge in [0.1, 0.15) is 0 Å². The Balaban J connectivity index is 1.78. The number of pyridine rings is 1. The van der Waals surface area contributed by atoms with E-state index in [2.05, 4.69) is 46.4 Å². The summed E-state index contributed by atoms with van der Waals surface area (Å²) in [4.78, 5) is 7.11. The predicted octanol–water partition coefficient (Wildman–Crippen LogP) is 2.67. The average Bonchev–Trinajstić information content (AvgIpc) is 2.81. The Bertz CT molecular complexity index is 590. The summed E-state index contributed by atoms with van der Waals surface area (Å²) in [6, 6.07) is 10.6.